The first kappa shape index (κ1) is 19.5. The van der Waals surface area contributed by atoms with Crippen LogP contribution in [-0.2, 0) is 5.41 Å². The number of benzene rings is 3. The summed E-state index contributed by atoms with van der Waals surface area (Å²) in [6.45, 7) is 9.56. The van der Waals surface area contributed by atoms with Crippen LogP contribution in [0.3, 0.4) is 0 Å². The molecule has 3 aromatic carbocycles. The normalized spacial score (nSPS) is 23.0. The SMILES string of the molecule is CC1(C)CC(C)(C)CC2(C1)c1ccccc1-c1c2cc(O)c2cc3c(cc12)NC(C#N)N3. The zero-order valence-corrected chi connectivity index (χ0v) is 19.1. The van der Waals surface area contributed by atoms with E-state index in [2.05, 4.69) is 74.7 Å². The number of nitrogens with zero attached hydrogens (tertiary/aromatic N) is 1. The molecule has 0 aromatic heterocycles. The van der Waals surface area contributed by atoms with Gasteiger partial charge in [0.15, 0.2) is 6.17 Å². The van der Waals surface area contributed by atoms with E-state index in [9.17, 15) is 10.4 Å². The lowest BCUT2D eigenvalue weighted by Gasteiger charge is -2.51. The minimum Gasteiger partial charge on any atom is -0.507 e. The summed E-state index contributed by atoms with van der Waals surface area (Å²) < 4.78 is 0. The molecule has 3 aromatic rings. The Balaban J connectivity index is 1.69. The molecule has 6 rings (SSSR count). The van der Waals surface area contributed by atoms with Crippen LogP contribution < -0.4 is 10.6 Å². The fourth-order valence-corrected chi connectivity index (χ4v) is 7.53. The van der Waals surface area contributed by atoms with Gasteiger partial charge in [-0.2, -0.15) is 5.26 Å². The molecule has 162 valence electrons. The van der Waals surface area contributed by atoms with E-state index in [1.807, 2.05) is 12.1 Å². The van der Waals surface area contributed by atoms with Crippen LogP contribution in [0.25, 0.3) is 21.9 Å². The first-order valence-electron chi connectivity index (χ1n) is 11.5. The number of hydrogen-bond acceptors (Lipinski definition) is 4. The molecule has 0 bridgehead atoms. The van der Waals surface area contributed by atoms with Gasteiger partial charge in [-0.1, -0.05) is 52.0 Å². The molecule has 1 heterocycles. The second-order valence-corrected chi connectivity index (χ2v) is 11.6. The second kappa shape index (κ2) is 5.98. The van der Waals surface area contributed by atoms with Crippen molar-refractivity contribution in [1.82, 2.24) is 0 Å². The van der Waals surface area contributed by atoms with E-state index in [1.54, 1.807) is 0 Å². The predicted octanol–water partition coefficient (Wildman–Crippen LogP) is 6.74. The van der Waals surface area contributed by atoms with Crippen LogP contribution in [0.1, 0.15) is 58.1 Å². The fourth-order valence-electron chi connectivity index (χ4n) is 7.53. The maximum atomic E-state index is 11.2. The molecule has 32 heavy (non-hydrogen) atoms. The molecule has 4 heteroatoms. The van der Waals surface area contributed by atoms with E-state index in [0.29, 0.717) is 5.75 Å². The Bertz CT molecular complexity index is 1330. The van der Waals surface area contributed by atoms with Gasteiger partial charge in [0.2, 0.25) is 0 Å². The molecule has 1 fully saturated rings. The fraction of sp³-hybridized carbons (Fsp3) is 0.393. The lowest BCUT2D eigenvalue weighted by molar-refractivity contribution is 0.0645. The third-order valence-corrected chi connectivity index (χ3v) is 7.73. The summed E-state index contributed by atoms with van der Waals surface area (Å²) in [6.07, 6.45) is 2.88. The Morgan fingerprint density at radius 2 is 1.50 bits per heavy atom. The number of anilines is 2. The average molecular weight is 424 g/mol. The highest BCUT2D eigenvalue weighted by molar-refractivity contribution is 6.08. The molecule has 1 aliphatic heterocycles. The topological polar surface area (TPSA) is 68.1 Å². The largest absolute Gasteiger partial charge is 0.507 e. The van der Waals surface area contributed by atoms with Crippen LogP contribution in [-0.4, -0.2) is 11.3 Å². The highest BCUT2D eigenvalue weighted by atomic mass is 16.3. The molecule has 4 nitrogen and oxygen atoms in total. The molecule has 3 N–H and O–H groups in total. The smallest absolute Gasteiger partial charge is 0.187 e. The number of hydrogen-bond donors (Lipinski definition) is 3. The standard InChI is InChI=1S/C28H29N3O/c1-26(2)13-27(3,4)15-28(14-26)19-8-6-5-7-16(19)25-18-10-22-21(30-24(12-29)31-22)9-17(18)23(32)11-20(25)28/h5-11,24,30-32H,13-15H2,1-4H3. The molecule has 2 aliphatic carbocycles. The van der Waals surface area contributed by atoms with Gasteiger partial charge in [-0.05, 0) is 75.9 Å². The van der Waals surface area contributed by atoms with Gasteiger partial charge >= 0.3 is 0 Å². The van der Waals surface area contributed by atoms with Gasteiger partial charge in [-0.15, -0.1) is 0 Å². The van der Waals surface area contributed by atoms with Crippen LogP contribution in [0.4, 0.5) is 11.4 Å². The first-order valence-corrected chi connectivity index (χ1v) is 11.5. The van der Waals surface area contributed by atoms with Crippen molar-refractivity contribution in [3.8, 4) is 22.9 Å². The van der Waals surface area contributed by atoms with E-state index in [1.165, 1.54) is 28.7 Å². The summed E-state index contributed by atoms with van der Waals surface area (Å²) >= 11 is 0. The monoisotopic (exact) mass is 423 g/mol. The third-order valence-electron chi connectivity index (χ3n) is 7.73. The minimum absolute atomic E-state index is 0.108. The van der Waals surface area contributed by atoms with Gasteiger partial charge in [0.05, 0.1) is 11.4 Å². The van der Waals surface area contributed by atoms with E-state index in [4.69, 9.17) is 0 Å². The van der Waals surface area contributed by atoms with Crippen molar-refractivity contribution in [3.63, 3.8) is 0 Å². The van der Waals surface area contributed by atoms with Gasteiger partial charge in [0.1, 0.15) is 11.8 Å². The van der Waals surface area contributed by atoms with E-state index in [0.717, 1.165) is 35.0 Å². The number of aromatic hydroxyl groups is 1. The van der Waals surface area contributed by atoms with Crippen molar-refractivity contribution in [2.75, 3.05) is 10.6 Å². The zero-order chi connectivity index (χ0) is 22.5. The van der Waals surface area contributed by atoms with Crippen LogP contribution in [0.2, 0.25) is 0 Å². The summed E-state index contributed by atoms with van der Waals surface area (Å²) in [5.74, 6) is 0.317. The van der Waals surface area contributed by atoms with Crippen molar-refractivity contribution in [1.29, 1.82) is 5.26 Å². The maximum Gasteiger partial charge on any atom is 0.187 e. The Labute approximate surface area is 189 Å². The van der Waals surface area contributed by atoms with Crippen molar-refractivity contribution in [3.05, 3.63) is 53.6 Å². The number of nitriles is 1. The lowest BCUT2D eigenvalue weighted by atomic mass is 9.52. The number of phenolic OH excluding ortho intramolecular Hbond substituents is 1. The van der Waals surface area contributed by atoms with Crippen LogP contribution >= 0.6 is 0 Å². The molecule has 3 aliphatic rings. The van der Waals surface area contributed by atoms with E-state index in [-0.39, 0.29) is 16.2 Å². The summed E-state index contributed by atoms with van der Waals surface area (Å²) in [4.78, 5) is 0. The van der Waals surface area contributed by atoms with E-state index < -0.39 is 6.17 Å². The molecule has 0 saturated heterocycles. The number of nitrogens with one attached hydrogen (secondary N) is 2. The summed E-state index contributed by atoms with van der Waals surface area (Å²) in [5.41, 5.74) is 7.24. The number of phenols is 1. The quantitative estimate of drug-likeness (QED) is 0.375. The molecule has 1 unspecified atom stereocenters. The maximum absolute atomic E-state index is 11.2. The summed E-state index contributed by atoms with van der Waals surface area (Å²) in [7, 11) is 0. The number of fused-ring (bicyclic) bond motifs is 8. The number of rotatable bonds is 0. The van der Waals surface area contributed by atoms with Gasteiger partial charge in [0.25, 0.3) is 0 Å². The van der Waals surface area contributed by atoms with Gasteiger partial charge < -0.3 is 15.7 Å². The third kappa shape index (κ3) is 2.54. The molecular formula is C28H29N3O. The van der Waals surface area contributed by atoms with Gasteiger partial charge in [0, 0.05) is 10.8 Å². The Kier molecular flexibility index (Phi) is 3.64. The van der Waals surface area contributed by atoms with Crippen LogP contribution in [0, 0.1) is 22.2 Å². The Morgan fingerprint density at radius 1 is 0.875 bits per heavy atom. The summed E-state index contributed by atoms with van der Waals surface area (Å²) in [5, 5.41) is 28.9. The van der Waals surface area contributed by atoms with Crippen molar-refractivity contribution in [2.45, 2.75) is 58.5 Å². The highest BCUT2D eigenvalue weighted by Crippen LogP contribution is 2.64. The molecule has 0 radical (unpaired) electrons. The summed E-state index contributed by atoms with van der Waals surface area (Å²) in [6, 6.07) is 17.2. The molecular weight excluding hydrogens is 394 g/mol. The Hall–Kier alpha value is -3.19. The zero-order valence-electron chi connectivity index (χ0n) is 19.1. The molecule has 1 atom stereocenters. The predicted molar refractivity (Wildman–Crippen MR) is 130 cm³/mol. The van der Waals surface area contributed by atoms with Crippen LogP contribution in [0.15, 0.2) is 42.5 Å². The van der Waals surface area contributed by atoms with Crippen molar-refractivity contribution in [2.24, 2.45) is 10.8 Å². The van der Waals surface area contributed by atoms with Gasteiger partial charge in [-0.3, -0.25) is 0 Å². The van der Waals surface area contributed by atoms with Crippen molar-refractivity contribution >= 4 is 22.1 Å². The van der Waals surface area contributed by atoms with Crippen LogP contribution in [0.5, 0.6) is 5.75 Å². The minimum atomic E-state index is -0.449. The molecule has 1 saturated carbocycles. The van der Waals surface area contributed by atoms with E-state index >= 15 is 0 Å². The molecule has 1 spiro atoms. The highest BCUT2D eigenvalue weighted by Gasteiger charge is 2.53. The van der Waals surface area contributed by atoms with Gasteiger partial charge in [-0.25, -0.2) is 0 Å². The first-order chi connectivity index (χ1) is 15.1. The lowest BCUT2D eigenvalue weighted by Crippen LogP contribution is -2.43. The second-order valence-electron chi connectivity index (χ2n) is 11.6. The van der Waals surface area contributed by atoms with Crippen molar-refractivity contribution < 1.29 is 5.11 Å². The molecule has 0 amide bonds. The Morgan fingerprint density at radius 3 is 2.16 bits per heavy atom. The average Bonchev–Trinajstić information content (AvgIpc) is 3.22.